The molecular formula is C21H17N3O2. The molecule has 128 valence electrons. The summed E-state index contributed by atoms with van der Waals surface area (Å²) in [5.41, 5.74) is 3.72. The summed E-state index contributed by atoms with van der Waals surface area (Å²) in [4.78, 5) is 12.9. The van der Waals surface area contributed by atoms with Gasteiger partial charge in [-0.25, -0.2) is 4.68 Å². The van der Waals surface area contributed by atoms with Gasteiger partial charge < -0.3 is 9.73 Å². The molecule has 0 atom stereocenters. The Bertz CT molecular complexity index is 1020. The minimum atomic E-state index is -0.233. The fourth-order valence-electron chi connectivity index (χ4n) is 2.69. The molecule has 2 aromatic heterocycles. The van der Waals surface area contributed by atoms with Crippen molar-refractivity contribution in [3.63, 3.8) is 0 Å². The Morgan fingerprint density at radius 2 is 1.77 bits per heavy atom. The molecule has 0 fully saturated rings. The van der Waals surface area contributed by atoms with Gasteiger partial charge in [0.1, 0.15) is 11.4 Å². The maximum atomic E-state index is 12.9. The minimum absolute atomic E-state index is 0.233. The molecule has 5 nitrogen and oxygen atoms in total. The molecule has 0 spiro atoms. The van der Waals surface area contributed by atoms with Crippen LogP contribution >= 0.6 is 0 Å². The number of carbonyl (C=O) groups is 1. The zero-order valence-electron chi connectivity index (χ0n) is 14.2. The summed E-state index contributed by atoms with van der Waals surface area (Å²) in [7, 11) is 0. The van der Waals surface area contributed by atoms with Crippen LogP contribution in [0.4, 0.5) is 5.69 Å². The monoisotopic (exact) mass is 343 g/mol. The van der Waals surface area contributed by atoms with Gasteiger partial charge in [0.25, 0.3) is 5.91 Å². The van der Waals surface area contributed by atoms with E-state index in [0.717, 1.165) is 16.9 Å². The molecule has 0 radical (unpaired) electrons. The van der Waals surface area contributed by atoms with Crippen LogP contribution < -0.4 is 5.32 Å². The quantitative estimate of drug-likeness (QED) is 0.584. The van der Waals surface area contributed by atoms with Crippen molar-refractivity contribution >= 4 is 11.6 Å². The van der Waals surface area contributed by atoms with Crippen molar-refractivity contribution in [2.24, 2.45) is 0 Å². The molecule has 0 saturated heterocycles. The maximum Gasteiger partial charge on any atom is 0.274 e. The van der Waals surface area contributed by atoms with Crippen molar-refractivity contribution in [1.82, 2.24) is 9.78 Å². The number of aromatic nitrogens is 2. The molecule has 0 saturated carbocycles. The van der Waals surface area contributed by atoms with Crippen LogP contribution in [0.5, 0.6) is 0 Å². The topological polar surface area (TPSA) is 60.1 Å². The van der Waals surface area contributed by atoms with E-state index < -0.39 is 0 Å². The summed E-state index contributed by atoms with van der Waals surface area (Å²) in [5.74, 6) is 0.382. The summed E-state index contributed by atoms with van der Waals surface area (Å²) in [6.45, 7) is 2.01. The molecule has 1 amide bonds. The van der Waals surface area contributed by atoms with Crippen LogP contribution in [-0.4, -0.2) is 15.7 Å². The fraction of sp³-hybridized carbons (Fsp3) is 0.0476. The van der Waals surface area contributed by atoms with Crippen molar-refractivity contribution in [3.8, 4) is 17.1 Å². The third-order valence-electron chi connectivity index (χ3n) is 4.03. The summed E-state index contributed by atoms with van der Waals surface area (Å²) in [6, 6.07) is 22.6. The lowest BCUT2D eigenvalue weighted by Crippen LogP contribution is -2.16. The Hall–Kier alpha value is -3.60. The van der Waals surface area contributed by atoms with Crippen molar-refractivity contribution in [1.29, 1.82) is 0 Å². The van der Waals surface area contributed by atoms with Gasteiger partial charge in [0.15, 0.2) is 5.76 Å². The number of anilines is 1. The largest absolute Gasteiger partial charge is 0.463 e. The minimum Gasteiger partial charge on any atom is -0.463 e. The predicted octanol–water partition coefficient (Wildman–Crippen LogP) is 4.69. The predicted molar refractivity (Wildman–Crippen MR) is 100 cm³/mol. The van der Waals surface area contributed by atoms with Gasteiger partial charge in [-0.05, 0) is 43.3 Å². The zero-order valence-corrected chi connectivity index (χ0v) is 14.2. The number of hydrogen-bond donors (Lipinski definition) is 1. The Morgan fingerprint density at radius 1 is 1.00 bits per heavy atom. The number of rotatable bonds is 4. The Labute approximate surface area is 150 Å². The summed E-state index contributed by atoms with van der Waals surface area (Å²) < 4.78 is 7.05. The highest BCUT2D eigenvalue weighted by Gasteiger charge is 2.18. The molecule has 0 aliphatic heterocycles. The molecule has 26 heavy (non-hydrogen) atoms. The Balaban J connectivity index is 1.73. The zero-order chi connectivity index (χ0) is 17.9. The highest BCUT2D eigenvalue weighted by atomic mass is 16.3. The van der Waals surface area contributed by atoms with Crippen LogP contribution in [0.15, 0.2) is 83.5 Å². The van der Waals surface area contributed by atoms with Crippen LogP contribution in [-0.2, 0) is 0 Å². The molecule has 5 heteroatoms. The molecular weight excluding hydrogens is 326 g/mol. The van der Waals surface area contributed by atoms with Crippen molar-refractivity contribution in [2.45, 2.75) is 6.92 Å². The second-order valence-corrected chi connectivity index (χ2v) is 5.96. The summed E-state index contributed by atoms with van der Waals surface area (Å²) in [5, 5.41) is 7.49. The van der Waals surface area contributed by atoms with Crippen LogP contribution in [0.1, 0.15) is 16.1 Å². The number of nitrogens with zero attached hydrogens (tertiary/aromatic N) is 2. The molecule has 0 unspecified atom stereocenters. The molecule has 4 aromatic rings. The number of amides is 1. The van der Waals surface area contributed by atoms with Gasteiger partial charge in [-0.2, -0.15) is 5.10 Å². The van der Waals surface area contributed by atoms with E-state index in [2.05, 4.69) is 10.4 Å². The van der Waals surface area contributed by atoms with E-state index >= 15 is 0 Å². The highest BCUT2D eigenvalue weighted by Crippen LogP contribution is 2.23. The molecule has 2 aromatic carbocycles. The third kappa shape index (κ3) is 3.15. The highest BCUT2D eigenvalue weighted by molar-refractivity contribution is 6.04. The van der Waals surface area contributed by atoms with Gasteiger partial charge in [0, 0.05) is 11.8 Å². The van der Waals surface area contributed by atoms with Gasteiger partial charge in [-0.1, -0.05) is 35.9 Å². The second kappa shape index (κ2) is 6.72. The van der Waals surface area contributed by atoms with Gasteiger partial charge in [0.05, 0.1) is 12.0 Å². The van der Waals surface area contributed by atoms with Gasteiger partial charge in [-0.3, -0.25) is 4.79 Å². The van der Waals surface area contributed by atoms with Gasteiger partial charge in [0.2, 0.25) is 0 Å². The Morgan fingerprint density at radius 3 is 2.46 bits per heavy atom. The molecule has 0 aliphatic carbocycles. The van der Waals surface area contributed by atoms with Crippen LogP contribution in [0, 0.1) is 6.92 Å². The molecule has 0 bridgehead atoms. The molecule has 1 N–H and O–H groups in total. The van der Waals surface area contributed by atoms with Gasteiger partial charge >= 0.3 is 0 Å². The number of furan rings is 1. The second-order valence-electron chi connectivity index (χ2n) is 5.96. The summed E-state index contributed by atoms with van der Waals surface area (Å²) in [6.07, 6.45) is 1.59. The number of benzene rings is 2. The first-order valence-corrected chi connectivity index (χ1v) is 8.28. The number of para-hydroxylation sites is 1. The fourth-order valence-corrected chi connectivity index (χ4v) is 2.69. The number of carbonyl (C=O) groups excluding carboxylic acids is 1. The van der Waals surface area contributed by atoms with E-state index in [0.29, 0.717) is 17.1 Å². The lowest BCUT2D eigenvalue weighted by molar-refractivity contribution is 0.101. The van der Waals surface area contributed by atoms with Crippen molar-refractivity contribution < 1.29 is 9.21 Å². The van der Waals surface area contributed by atoms with E-state index in [4.69, 9.17) is 4.42 Å². The lowest BCUT2D eigenvalue weighted by atomic mass is 10.2. The average Bonchev–Trinajstić information content (AvgIpc) is 3.34. The van der Waals surface area contributed by atoms with Gasteiger partial charge in [-0.15, -0.1) is 0 Å². The number of hydrogen-bond acceptors (Lipinski definition) is 3. The number of nitrogens with one attached hydrogen (secondary N) is 1. The Kier molecular flexibility index (Phi) is 4.11. The van der Waals surface area contributed by atoms with Crippen molar-refractivity contribution in [3.05, 3.63) is 90.3 Å². The standard InChI is InChI=1S/C21H17N3O2/c1-15-9-11-16(12-10-15)22-21(25)19-14-18(20-8-5-13-26-20)23-24(19)17-6-3-2-4-7-17/h2-14H,1H3,(H,22,25). The van der Waals surface area contributed by atoms with E-state index in [-0.39, 0.29) is 5.91 Å². The number of aryl methyl sites for hydroxylation is 1. The van der Waals surface area contributed by atoms with E-state index in [1.807, 2.05) is 67.6 Å². The van der Waals surface area contributed by atoms with E-state index in [1.165, 1.54) is 0 Å². The average molecular weight is 343 g/mol. The van der Waals surface area contributed by atoms with Crippen molar-refractivity contribution in [2.75, 3.05) is 5.32 Å². The normalized spacial score (nSPS) is 10.7. The first kappa shape index (κ1) is 15.9. The maximum absolute atomic E-state index is 12.9. The first-order chi connectivity index (χ1) is 12.7. The first-order valence-electron chi connectivity index (χ1n) is 8.28. The molecule has 4 rings (SSSR count). The van der Waals surface area contributed by atoms with Crippen LogP contribution in [0.3, 0.4) is 0 Å². The summed E-state index contributed by atoms with van der Waals surface area (Å²) >= 11 is 0. The van der Waals surface area contributed by atoms with Crippen LogP contribution in [0.2, 0.25) is 0 Å². The molecule has 0 aliphatic rings. The van der Waals surface area contributed by atoms with Crippen LogP contribution in [0.25, 0.3) is 17.1 Å². The molecule has 2 heterocycles. The lowest BCUT2D eigenvalue weighted by Gasteiger charge is -2.08. The third-order valence-corrected chi connectivity index (χ3v) is 4.03. The van der Waals surface area contributed by atoms with E-state index in [1.54, 1.807) is 23.1 Å². The van der Waals surface area contributed by atoms with E-state index in [9.17, 15) is 4.79 Å². The smallest absolute Gasteiger partial charge is 0.274 e. The SMILES string of the molecule is Cc1ccc(NC(=O)c2cc(-c3ccco3)nn2-c2ccccc2)cc1.